The number of rotatable bonds is 3. The second kappa shape index (κ2) is 7.36. The van der Waals surface area contributed by atoms with Gasteiger partial charge in [-0.3, -0.25) is 4.79 Å². The molecule has 0 radical (unpaired) electrons. The van der Waals surface area contributed by atoms with Gasteiger partial charge in [0.05, 0.1) is 4.88 Å². The zero-order valence-electron chi connectivity index (χ0n) is 9.37. The molecule has 0 spiro atoms. The molecule has 1 unspecified atom stereocenters. The molecule has 0 bridgehead atoms. The van der Waals surface area contributed by atoms with E-state index in [4.69, 9.17) is 0 Å². The zero-order valence-corrected chi connectivity index (χ0v) is 12.6. The molecule has 6 heteroatoms. The molecule has 1 atom stereocenters. The normalized spacial score (nSPS) is 19.5. The molecule has 1 aliphatic heterocycles. The first kappa shape index (κ1) is 15.0. The summed E-state index contributed by atoms with van der Waals surface area (Å²) in [7, 11) is 0. The second-order valence-corrected chi connectivity index (χ2v) is 5.88. The molecular weight excluding hydrogens is 324 g/mol. The Kier molecular flexibility index (Phi) is 6.48. The van der Waals surface area contributed by atoms with Crippen LogP contribution in [0.25, 0.3) is 0 Å². The van der Waals surface area contributed by atoms with E-state index < -0.39 is 0 Å². The molecule has 2 rings (SSSR count). The molecule has 2 N–H and O–H groups in total. The largest absolute Gasteiger partial charge is 0.351 e. The van der Waals surface area contributed by atoms with Gasteiger partial charge >= 0.3 is 0 Å². The molecule has 2 heterocycles. The fourth-order valence-corrected chi connectivity index (χ4v) is 3.20. The van der Waals surface area contributed by atoms with E-state index in [0.29, 0.717) is 5.92 Å². The minimum Gasteiger partial charge on any atom is -0.351 e. The number of carbonyl (C=O) groups excluding carboxylic acids is 1. The average Bonchev–Trinajstić information content (AvgIpc) is 2.74. The molecule has 0 aliphatic carbocycles. The van der Waals surface area contributed by atoms with Gasteiger partial charge in [0, 0.05) is 16.4 Å². The van der Waals surface area contributed by atoms with Crippen molar-refractivity contribution in [1.29, 1.82) is 0 Å². The highest BCUT2D eigenvalue weighted by atomic mass is 79.9. The van der Waals surface area contributed by atoms with Gasteiger partial charge in [0.15, 0.2) is 0 Å². The Labute approximate surface area is 120 Å². The number of hydrogen-bond acceptors (Lipinski definition) is 3. The molecule has 1 aromatic heterocycles. The number of halogens is 2. The Balaban J connectivity index is 0.00000144. The van der Waals surface area contributed by atoms with E-state index >= 15 is 0 Å². The smallest absolute Gasteiger partial charge is 0.261 e. The highest BCUT2D eigenvalue weighted by molar-refractivity contribution is 9.10. The highest BCUT2D eigenvalue weighted by Crippen LogP contribution is 2.19. The summed E-state index contributed by atoms with van der Waals surface area (Å²) in [5.41, 5.74) is 0. The van der Waals surface area contributed by atoms with Crippen LogP contribution in [0.1, 0.15) is 22.5 Å². The lowest BCUT2D eigenvalue weighted by atomic mass is 10.00. The molecule has 3 nitrogen and oxygen atoms in total. The summed E-state index contributed by atoms with van der Waals surface area (Å²) in [6.45, 7) is 2.91. The SMILES string of the molecule is Cl.O=C(NCC1CCCNC1)c1cc(Br)cs1. The van der Waals surface area contributed by atoms with Gasteiger partial charge < -0.3 is 10.6 Å². The third-order valence-electron chi connectivity index (χ3n) is 2.74. The minimum atomic E-state index is 0. The van der Waals surface area contributed by atoms with Crippen molar-refractivity contribution in [3.05, 3.63) is 20.8 Å². The van der Waals surface area contributed by atoms with Crippen molar-refractivity contribution in [2.75, 3.05) is 19.6 Å². The number of thiophene rings is 1. The topological polar surface area (TPSA) is 41.1 Å². The van der Waals surface area contributed by atoms with Gasteiger partial charge in [-0.1, -0.05) is 0 Å². The molecule has 1 saturated heterocycles. The first-order valence-corrected chi connectivity index (χ1v) is 7.16. The van der Waals surface area contributed by atoms with Gasteiger partial charge in [0.1, 0.15) is 0 Å². The molecule has 17 heavy (non-hydrogen) atoms. The lowest BCUT2D eigenvalue weighted by Crippen LogP contribution is -2.37. The summed E-state index contributed by atoms with van der Waals surface area (Å²) in [6.07, 6.45) is 2.42. The lowest BCUT2D eigenvalue weighted by molar-refractivity contribution is 0.0949. The predicted octanol–water partition coefficient (Wildman–Crippen LogP) is 2.66. The lowest BCUT2D eigenvalue weighted by Gasteiger charge is -2.22. The Morgan fingerprint density at radius 1 is 1.65 bits per heavy atom. The first-order valence-electron chi connectivity index (χ1n) is 5.48. The molecule has 1 aromatic rings. The van der Waals surface area contributed by atoms with Gasteiger partial charge in [-0.2, -0.15) is 0 Å². The van der Waals surface area contributed by atoms with Crippen molar-refractivity contribution in [3.63, 3.8) is 0 Å². The fraction of sp³-hybridized carbons (Fsp3) is 0.545. The summed E-state index contributed by atoms with van der Waals surface area (Å²) in [4.78, 5) is 12.5. The van der Waals surface area contributed by atoms with E-state index in [1.807, 2.05) is 11.4 Å². The maximum atomic E-state index is 11.8. The van der Waals surface area contributed by atoms with Crippen LogP contribution in [0.3, 0.4) is 0 Å². The predicted molar refractivity (Wildman–Crippen MR) is 77.2 cm³/mol. The van der Waals surface area contributed by atoms with Crippen LogP contribution in [-0.4, -0.2) is 25.5 Å². The van der Waals surface area contributed by atoms with E-state index in [-0.39, 0.29) is 18.3 Å². The average molecular weight is 340 g/mol. The number of piperidine rings is 1. The van der Waals surface area contributed by atoms with Crippen LogP contribution < -0.4 is 10.6 Å². The van der Waals surface area contributed by atoms with Crippen molar-refractivity contribution >= 4 is 45.6 Å². The molecule has 1 aliphatic rings. The molecule has 1 amide bonds. The van der Waals surface area contributed by atoms with Crippen LogP contribution in [0.4, 0.5) is 0 Å². The van der Waals surface area contributed by atoms with Gasteiger partial charge in [0.25, 0.3) is 5.91 Å². The van der Waals surface area contributed by atoms with Crippen LogP contribution >= 0.6 is 39.7 Å². The molecule has 1 fully saturated rings. The summed E-state index contributed by atoms with van der Waals surface area (Å²) in [5, 5.41) is 8.27. The number of hydrogen-bond donors (Lipinski definition) is 2. The van der Waals surface area contributed by atoms with Gasteiger partial charge in [-0.25, -0.2) is 0 Å². The maximum absolute atomic E-state index is 11.8. The monoisotopic (exact) mass is 338 g/mol. The Hall–Kier alpha value is -0.100. The first-order chi connectivity index (χ1) is 7.75. The summed E-state index contributed by atoms with van der Waals surface area (Å²) < 4.78 is 0.974. The Morgan fingerprint density at radius 3 is 3.06 bits per heavy atom. The standard InChI is InChI=1S/C11H15BrN2OS.ClH/c12-9-4-10(16-7-9)11(15)14-6-8-2-1-3-13-5-8;/h4,7-8,13H,1-3,5-6H2,(H,14,15);1H. The fourth-order valence-electron chi connectivity index (χ4n) is 1.85. The van der Waals surface area contributed by atoms with Crippen molar-refractivity contribution in [2.45, 2.75) is 12.8 Å². The van der Waals surface area contributed by atoms with Crippen LogP contribution in [-0.2, 0) is 0 Å². The van der Waals surface area contributed by atoms with E-state index in [1.165, 1.54) is 24.2 Å². The maximum Gasteiger partial charge on any atom is 0.261 e. The molecule has 0 aromatic carbocycles. The zero-order chi connectivity index (χ0) is 11.4. The Morgan fingerprint density at radius 2 is 2.47 bits per heavy atom. The highest BCUT2D eigenvalue weighted by Gasteiger charge is 2.15. The van der Waals surface area contributed by atoms with Crippen molar-refractivity contribution in [3.8, 4) is 0 Å². The quantitative estimate of drug-likeness (QED) is 0.889. The van der Waals surface area contributed by atoms with Crippen molar-refractivity contribution in [2.24, 2.45) is 5.92 Å². The van der Waals surface area contributed by atoms with Crippen LogP contribution in [0.5, 0.6) is 0 Å². The van der Waals surface area contributed by atoms with Gasteiger partial charge in [-0.15, -0.1) is 23.7 Å². The molecule has 0 saturated carbocycles. The van der Waals surface area contributed by atoms with E-state index in [2.05, 4.69) is 26.6 Å². The van der Waals surface area contributed by atoms with E-state index in [0.717, 1.165) is 29.0 Å². The third kappa shape index (κ3) is 4.58. The molecular formula is C11H16BrClN2OS. The van der Waals surface area contributed by atoms with Gasteiger partial charge in [-0.05, 0) is 53.8 Å². The van der Waals surface area contributed by atoms with Crippen molar-refractivity contribution < 1.29 is 4.79 Å². The van der Waals surface area contributed by atoms with Crippen LogP contribution in [0.15, 0.2) is 15.9 Å². The summed E-state index contributed by atoms with van der Waals surface area (Å²) >= 11 is 4.82. The molecule has 96 valence electrons. The minimum absolute atomic E-state index is 0. The van der Waals surface area contributed by atoms with Gasteiger partial charge in [0.2, 0.25) is 0 Å². The van der Waals surface area contributed by atoms with Crippen LogP contribution in [0.2, 0.25) is 0 Å². The van der Waals surface area contributed by atoms with E-state index in [1.54, 1.807) is 0 Å². The second-order valence-electron chi connectivity index (χ2n) is 4.05. The third-order valence-corrected chi connectivity index (χ3v) is 4.43. The number of nitrogens with one attached hydrogen (secondary N) is 2. The number of amides is 1. The van der Waals surface area contributed by atoms with Crippen molar-refractivity contribution in [1.82, 2.24) is 10.6 Å². The summed E-state index contributed by atoms with van der Waals surface area (Å²) in [5.74, 6) is 0.627. The Bertz CT molecular complexity index is 366. The van der Waals surface area contributed by atoms with Crippen LogP contribution in [0, 0.1) is 5.92 Å². The summed E-state index contributed by atoms with van der Waals surface area (Å²) in [6, 6.07) is 1.86. The van der Waals surface area contributed by atoms with E-state index in [9.17, 15) is 4.79 Å². The number of carbonyl (C=O) groups is 1.